The number of rotatable bonds is 6. The van der Waals surface area contributed by atoms with Gasteiger partial charge in [-0.05, 0) is 87.9 Å². The van der Waals surface area contributed by atoms with Crippen molar-refractivity contribution in [3.63, 3.8) is 0 Å². The number of hydrogen-bond acceptors (Lipinski definition) is 11. The summed E-state index contributed by atoms with van der Waals surface area (Å²) in [4.78, 5) is 53.4. The molecule has 2 fully saturated rings. The molecule has 1 aliphatic carbocycles. The molecule has 61 heavy (non-hydrogen) atoms. The van der Waals surface area contributed by atoms with Crippen LogP contribution < -0.4 is 10.7 Å². The third-order valence-electron chi connectivity index (χ3n) is 12.5. The van der Waals surface area contributed by atoms with Gasteiger partial charge in [-0.2, -0.15) is 18.6 Å². The number of nitrogens with zero attached hydrogens (tertiary/aromatic N) is 5. The van der Waals surface area contributed by atoms with Crippen LogP contribution in [0.4, 0.5) is 13.2 Å². The van der Waals surface area contributed by atoms with Crippen molar-refractivity contribution in [1.82, 2.24) is 35.2 Å². The van der Waals surface area contributed by atoms with Crippen LogP contribution in [0, 0.1) is 17.3 Å². The third kappa shape index (κ3) is 8.94. The van der Waals surface area contributed by atoms with Crippen LogP contribution in [0.1, 0.15) is 87.0 Å². The van der Waals surface area contributed by atoms with E-state index in [9.17, 15) is 32.7 Å². The van der Waals surface area contributed by atoms with Gasteiger partial charge in [-0.3, -0.25) is 19.6 Å². The molecule has 13 nitrogen and oxygen atoms in total. The summed E-state index contributed by atoms with van der Waals surface area (Å²) in [6, 6.07) is 6.23. The fourth-order valence-electron chi connectivity index (χ4n) is 8.99. The number of amides is 2. The van der Waals surface area contributed by atoms with Crippen LogP contribution in [0.5, 0.6) is 0 Å². The van der Waals surface area contributed by atoms with Gasteiger partial charge >= 0.3 is 12.1 Å². The zero-order valence-corrected chi connectivity index (χ0v) is 36.3. The predicted octanol–water partition coefficient (Wildman–Crippen LogP) is 6.10. The molecule has 0 spiro atoms. The van der Waals surface area contributed by atoms with Crippen molar-refractivity contribution in [3.8, 4) is 22.5 Å². The number of carbonyl (C=O) groups excluding carboxylic acids is 3. The van der Waals surface area contributed by atoms with Gasteiger partial charge in [-0.25, -0.2) is 9.78 Å². The molecule has 1 aromatic carbocycles. The number of esters is 1. The lowest BCUT2D eigenvalue weighted by Gasteiger charge is -2.40. The zero-order valence-electron chi connectivity index (χ0n) is 35.4. The molecule has 4 aliphatic rings. The van der Waals surface area contributed by atoms with Crippen LogP contribution in [-0.2, 0) is 56.2 Å². The number of methoxy groups -OCH3 is 1. The van der Waals surface area contributed by atoms with Gasteiger partial charge < -0.3 is 29.4 Å². The van der Waals surface area contributed by atoms with E-state index in [1.807, 2.05) is 52.3 Å². The first kappa shape index (κ1) is 43.2. The summed E-state index contributed by atoms with van der Waals surface area (Å²) in [5.74, 6) is -1.81. The molecule has 4 aromatic rings. The van der Waals surface area contributed by atoms with Crippen LogP contribution >= 0.6 is 11.3 Å². The quantitative estimate of drug-likeness (QED) is 0.194. The smallest absolute Gasteiger partial charge is 0.406 e. The highest BCUT2D eigenvalue weighted by Crippen LogP contribution is 2.44. The summed E-state index contributed by atoms with van der Waals surface area (Å²) in [7, 11) is 3.57. The molecule has 2 amide bonds. The fourth-order valence-corrected chi connectivity index (χ4v) is 9.84. The molecule has 3 aromatic heterocycles. The number of pyridine rings is 1. The Kier molecular flexibility index (Phi) is 11.6. The second-order valence-electron chi connectivity index (χ2n) is 18.2. The number of thiazole rings is 1. The zero-order chi connectivity index (χ0) is 43.6. The molecular weight excluding hydrogens is 812 g/mol. The lowest BCUT2D eigenvalue weighted by atomic mass is 9.84. The van der Waals surface area contributed by atoms with Gasteiger partial charge in [0.2, 0.25) is 11.6 Å². The van der Waals surface area contributed by atoms with E-state index in [0.717, 1.165) is 30.6 Å². The third-order valence-corrected chi connectivity index (χ3v) is 13.4. The number of carbonyl (C=O) groups is 3. The van der Waals surface area contributed by atoms with Gasteiger partial charge in [0.25, 0.3) is 5.91 Å². The van der Waals surface area contributed by atoms with Crippen LogP contribution in [0.25, 0.3) is 33.4 Å². The first-order chi connectivity index (χ1) is 28.8. The SMILES string of the molecule is CO[C@@H](C)c1nc2c(cc1-c1c3c4cc(ccc4n1CC(F)(F)F)-c1csc(n1)C[C@H](NC(=O)[C@H]1C[C@@H]1C)C(=O)N1CCC[C@@](O)(N1)C(=O)OCC(C)(C)C3)CN(C)CCC2. The Bertz CT molecular complexity index is 2360. The van der Waals surface area contributed by atoms with Gasteiger partial charge in [0.1, 0.15) is 12.6 Å². The van der Waals surface area contributed by atoms with E-state index in [-0.39, 0.29) is 56.6 Å². The van der Waals surface area contributed by atoms with E-state index in [4.69, 9.17) is 19.4 Å². The number of benzene rings is 1. The lowest BCUT2D eigenvalue weighted by Crippen LogP contribution is -2.67. The molecule has 3 N–H and O–H groups in total. The molecule has 1 saturated carbocycles. The minimum Gasteiger partial charge on any atom is -0.462 e. The average molecular weight is 866 g/mol. The van der Waals surface area contributed by atoms with E-state index in [0.29, 0.717) is 62.6 Å². The Labute approximate surface area is 357 Å². The normalized spacial score (nSPS) is 25.3. The Hall–Kier alpha value is -4.42. The van der Waals surface area contributed by atoms with E-state index in [1.54, 1.807) is 19.2 Å². The molecule has 8 rings (SSSR count). The maximum absolute atomic E-state index is 14.8. The molecule has 1 saturated heterocycles. The molecule has 17 heteroatoms. The van der Waals surface area contributed by atoms with Crippen LogP contribution in [0.3, 0.4) is 0 Å². The molecular formula is C44H54F3N7O6S. The highest BCUT2D eigenvalue weighted by molar-refractivity contribution is 7.10. The Morgan fingerprint density at radius 3 is 2.67 bits per heavy atom. The number of cyclic esters (lactones) is 1. The van der Waals surface area contributed by atoms with Gasteiger partial charge in [-0.15, -0.1) is 11.3 Å². The van der Waals surface area contributed by atoms with E-state index < -0.39 is 47.9 Å². The second-order valence-corrected chi connectivity index (χ2v) is 19.1. The number of aryl methyl sites for hydroxylation is 1. The van der Waals surface area contributed by atoms with Crippen molar-refractivity contribution in [2.24, 2.45) is 17.3 Å². The van der Waals surface area contributed by atoms with E-state index in [1.165, 1.54) is 20.9 Å². The second kappa shape index (κ2) is 16.4. The van der Waals surface area contributed by atoms with E-state index >= 15 is 0 Å². The van der Waals surface area contributed by atoms with Crippen molar-refractivity contribution in [2.75, 3.05) is 33.9 Å². The Morgan fingerprint density at radius 1 is 1.18 bits per heavy atom. The summed E-state index contributed by atoms with van der Waals surface area (Å²) >= 11 is 1.30. The summed E-state index contributed by atoms with van der Waals surface area (Å²) in [5.41, 5.74) is 5.00. The molecule has 0 unspecified atom stereocenters. The average Bonchev–Trinajstić information content (AvgIpc) is 3.72. The van der Waals surface area contributed by atoms with E-state index in [2.05, 4.69) is 15.6 Å². The maximum atomic E-state index is 14.8. The minimum atomic E-state index is -4.60. The first-order valence-electron chi connectivity index (χ1n) is 21.0. The van der Waals surface area contributed by atoms with Crippen LogP contribution in [0.15, 0.2) is 29.6 Å². The first-order valence-corrected chi connectivity index (χ1v) is 21.9. The van der Waals surface area contributed by atoms with Crippen LogP contribution in [-0.4, -0.2) is 99.1 Å². The number of aromatic nitrogens is 3. The van der Waals surface area contributed by atoms with Crippen molar-refractivity contribution < 1.29 is 42.1 Å². The molecule has 328 valence electrons. The van der Waals surface area contributed by atoms with Crippen LogP contribution in [0.2, 0.25) is 0 Å². The number of alkyl halides is 3. The number of nitrogens with one attached hydrogen (secondary N) is 2. The summed E-state index contributed by atoms with van der Waals surface area (Å²) in [6.07, 6.45) is -2.41. The minimum absolute atomic E-state index is 0.0339. The topological polar surface area (TPSA) is 151 Å². The standard InChI is InChI=1S/C44H54F3N7O6S/c1-24-15-28(24)39(55)50-33-18-36-48-34(21-61-36)26-10-11-35-29(16-26)31(19-42(3,4)23-60-41(57)43(58)12-8-14-54(51-43)40(33)56)38(53(35)22-44(45,46)47)30-17-27-20-52(5)13-7-9-32(27)49-37(30)25(2)59-6/h10-11,16-17,21,24-25,28,33,51,58H,7-9,12-15,18-20,22-23H2,1-6H3,(H,50,55)/t24-,25-,28-,33-,43-/m0/s1. The molecule has 6 bridgehead atoms. The molecule has 0 radical (unpaired) electrons. The summed E-state index contributed by atoms with van der Waals surface area (Å²) in [5, 5.41) is 18.7. The number of aliphatic hydroxyl groups is 1. The van der Waals surface area contributed by atoms with Crippen molar-refractivity contribution in [3.05, 3.63) is 57.2 Å². The largest absolute Gasteiger partial charge is 0.462 e. The van der Waals surface area contributed by atoms with Gasteiger partial charge in [0.15, 0.2) is 0 Å². The number of halogens is 3. The van der Waals surface area contributed by atoms with Crippen molar-refractivity contribution >= 4 is 40.0 Å². The summed E-state index contributed by atoms with van der Waals surface area (Å²) < 4.78 is 57.6. The monoisotopic (exact) mass is 865 g/mol. The summed E-state index contributed by atoms with van der Waals surface area (Å²) in [6.45, 7) is 7.64. The molecule has 5 atom stereocenters. The number of fused-ring (bicyclic) bond motifs is 7. The molecule has 3 aliphatic heterocycles. The highest BCUT2D eigenvalue weighted by atomic mass is 32.1. The number of ether oxygens (including phenoxy) is 2. The maximum Gasteiger partial charge on any atom is 0.406 e. The van der Waals surface area contributed by atoms with Gasteiger partial charge in [0.05, 0.1) is 34.8 Å². The lowest BCUT2D eigenvalue weighted by molar-refractivity contribution is -0.189. The Morgan fingerprint density at radius 2 is 1.95 bits per heavy atom. The van der Waals surface area contributed by atoms with Crippen molar-refractivity contribution in [2.45, 2.75) is 110 Å². The van der Waals surface area contributed by atoms with Crippen molar-refractivity contribution in [1.29, 1.82) is 0 Å². The number of hydrogen-bond donors (Lipinski definition) is 3. The highest BCUT2D eigenvalue weighted by Gasteiger charge is 2.46. The predicted molar refractivity (Wildman–Crippen MR) is 223 cm³/mol. The molecule has 6 heterocycles. The van der Waals surface area contributed by atoms with Gasteiger partial charge in [0, 0.05) is 77.5 Å². The number of hydrazine groups is 1. The van der Waals surface area contributed by atoms with Gasteiger partial charge in [-0.1, -0.05) is 26.8 Å². The Balaban J connectivity index is 1.32. The fraction of sp³-hybridized carbons (Fsp3) is 0.568.